The Bertz CT molecular complexity index is 281. The summed E-state index contributed by atoms with van der Waals surface area (Å²) < 4.78 is 26.2. The molecule has 0 radical (unpaired) electrons. The van der Waals surface area contributed by atoms with E-state index >= 15 is 0 Å². The number of carbonyl (C=O) groups excluding carboxylic acids is 1. The first-order valence-electron chi connectivity index (χ1n) is 4.71. The van der Waals surface area contributed by atoms with Crippen LogP contribution in [0.1, 0.15) is 26.2 Å². The molecule has 86 valence electrons. The van der Waals surface area contributed by atoms with E-state index in [-0.39, 0.29) is 19.3 Å². The van der Waals surface area contributed by atoms with Crippen molar-refractivity contribution in [2.24, 2.45) is 0 Å². The highest BCUT2D eigenvalue weighted by Gasteiger charge is 2.40. The molecule has 1 rings (SSSR count). The fourth-order valence-corrected chi connectivity index (χ4v) is 1.74. The van der Waals surface area contributed by atoms with Gasteiger partial charge >= 0.3 is 5.97 Å². The monoisotopic (exact) mass is 221 g/mol. The third kappa shape index (κ3) is 2.87. The Morgan fingerprint density at radius 2 is 2.07 bits per heavy atom. The molecule has 1 N–H and O–H groups in total. The van der Waals surface area contributed by atoms with Crippen LogP contribution in [-0.2, 0) is 9.59 Å². The van der Waals surface area contributed by atoms with Gasteiger partial charge in [-0.25, -0.2) is 13.6 Å². The highest BCUT2D eigenvalue weighted by Crippen LogP contribution is 2.29. The van der Waals surface area contributed by atoms with Gasteiger partial charge in [0, 0.05) is 13.3 Å². The standard InChI is InChI=1S/C9H13F2NO3/c1-6(13)12-5-9(10,11)4-2-3-7(12)8(14)15/h7H,2-5H2,1H3,(H,14,15). The largest absolute Gasteiger partial charge is 0.480 e. The minimum Gasteiger partial charge on any atom is -0.480 e. The molecule has 1 heterocycles. The van der Waals surface area contributed by atoms with Gasteiger partial charge in [-0.2, -0.15) is 0 Å². The topological polar surface area (TPSA) is 57.6 Å². The van der Waals surface area contributed by atoms with E-state index in [0.717, 1.165) is 11.8 Å². The molecule has 0 aromatic carbocycles. The maximum absolute atomic E-state index is 13.1. The van der Waals surface area contributed by atoms with Crippen molar-refractivity contribution in [2.45, 2.75) is 38.2 Å². The van der Waals surface area contributed by atoms with Crippen LogP contribution in [0.3, 0.4) is 0 Å². The number of hydrogen-bond donors (Lipinski definition) is 1. The molecule has 0 saturated carbocycles. The number of carboxylic acid groups (broad SMARTS) is 1. The second-order valence-corrected chi connectivity index (χ2v) is 3.75. The van der Waals surface area contributed by atoms with Gasteiger partial charge in [0.2, 0.25) is 5.91 Å². The number of aliphatic carboxylic acids is 1. The summed E-state index contributed by atoms with van der Waals surface area (Å²) in [4.78, 5) is 22.6. The Morgan fingerprint density at radius 1 is 1.47 bits per heavy atom. The number of nitrogens with zero attached hydrogens (tertiary/aromatic N) is 1. The molecular formula is C9H13F2NO3. The molecule has 1 amide bonds. The predicted molar refractivity (Wildman–Crippen MR) is 47.6 cm³/mol. The summed E-state index contributed by atoms with van der Waals surface area (Å²) in [6.45, 7) is 0.316. The number of alkyl halides is 2. The molecule has 0 aromatic heterocycles. The summed E-state index contributed by atoms with van der Waals surface area (Å²) >= 11 is 0. The molecule has 1 fully saturated rings. The maximum atomic E-state index is 13.1. The van der Waals surface area contributed by atoms with Crippen molar-refractivity contribution < 1.29 is 23.5 Å². The Morgan fingerprint density at radius 3 is 2.53 bits per heavy atom. The van der Waals surface area contributed by atoms with Crippen molar-refractivity contribution in [1.29, 1.82) is 0 Å². The lowest BCUT2D eigenvalue weighted by atomic mass is 10.1. The number of likely N-dealkylation sites (tertiary alicyclic amines) is 1. The number of rotatable bonds is 1. The van der Waals surface area contributed by atoms with Crippen molar-refractivity contribution in [3.8, 4) is 0 Å². The molecule has 4 nitrogen and oxygen atoms in total. The minimum absolute atomic E-state index is 0.0878. The molecule has 1 unspecified atom stereocenters. The van der Waals surface area contributed by atoms with Gasteiger partial charge in [0.25, 0.3) is 5.92 Å². The lowest BCUT2D eigenvalue weighted by Crippen LogP contribution is -2.47. The van der Waals surface area contributed by atoms with Crippen molar-refractivity contribution in [3.05, 3.63) is 0 Å². The van der Waals surface area contributed by atoms with Crippen molar-refractivity contribution in [3.63, 3.8) is 0 Å². The zero-order valence-corrected chi connectivity index (χ0v) is 8.37. The van der Waals surface area contributed by atoms with E-state index in [1.165, 1.54) is 0 Å². The summed E-state index contributed by atoms with van der Waals surface area (Å²) in [6.07, 6.45) is -0.154. The van der Waals surface area contributed by atoms with Gasteiger partial charge in [-0.05, 0) is 12.8 Å². The van der Waals surface area contributed by atoms with Crippen LogP contribution in [0.25, 0.3) is 0 Å². The van der Waals surface area contributed by atoms with E-state index in [4.69, 9.17) is 5.11 Å². The first kappa shape index (κ1) is 11.9. The molecule has 0 aliphatic carbocycles. The number of carboxylic acids is 1. The van der Waals surface area contributed by atoms with Crippen molar-refractivity contribution in [2.75, 3.05) is 6.54 Å². The maximum Gasteiger partial charge on any atom is 0.326 e. The lowest BCUT2D eigenvalue weighted by Gasteiger charge is -2.27. The number of halogens is 2. The molecule has 0 spiro atoms. The second-order valence-electron chi connectivity index (χ2n) is 3.75. The normalized spacial score (nSPS) is 25.8. The minimum atomic E-state index is -2.98. The average Bonchev–Trinajstić information content (AvgIpc) is 2.23. The average molecular weight is 221 g/mol. The van der Waals surface area contributed by atoms with Crippen LogP contribution in [0.5, 0.6) is 0 Å². The Hall–Kier alpha value is -1.20. The van der Waals surface area contributed by atoms with E-state index in [1.807, 2.05) is 0 Å². The molecule has 1 aliphatic rings. The molecule has 0 aromatic rings. The van der Waals surface area contributed by atoms with Gasteiger partial charge in [0.05, 0.1) is 6.54 Å². The van der Waals surface area contributed by atoms with Gasteiger partial charge in [0.1, 0.15) is 6.04 Å². The van der Waals surface area contributed by atoms with Gasteiger partial charge in [-0.15, -0.1) is 0 Å². The summed E-state index contributed by atoms with van der Waals surface area (Å²) in [6, 6.07) is -1.11. The Kier molecular flexibility index (Phi) is 3.26. The van der Waals surface area contributed by atoms with Gasteiger partial charge < -0.3 is 10.0 Å². The van der Waals surface area contributed by atoms with Crippen LogP contribution in [0.2, 0.25) is 0 Å². The van der Waals surface area contributed by atoms with Crippen LogP contribution >= 0.6 is 0 Å². The molecule has 1 saturated heterocycles. The molecular weight excluding hydrogens is 208 g/mol. The first-order chi connectivity index (χ1) is 6.83. The number of amides is 1. The van der Waals surface area contributed by atoms with E-state index in [1.54, 1.807) is 0 Å². The summed E-state index contributed by atoms with van der Waals surface area (Å²) in [5.74, 6) is -4.82. The van der Waals surface area contributed by atoms with Crippen LogP contribution in [0, 0.1) is 0 Å². The highest BCUT2D eigenvalue weighted by atomic mass is 19.3. The van der Waals surface area contributed by atoms with Gasteiger partial charge in [-0.3, -0.25) is 4.79 Å². The quantitative estimate of drug-likeness (QED) is 0.721. The van der Waals surface area contributed by atoms with Crippen molar-refractivity contribution >= 4 is 11.9 Å². The third-order valence-corrected chi connectivity index (χ3v) is 2.49. The fraction of sp³-hybridized carbons (Fsp3) is 0.778. The third-order valence-electron chi connectivity index (χ3n) is 2.49. The van der Waals surface area contributed by atoms with E-state index < -0.39 is 30.4 Å². The lowest BCUT2D eigenvalue weighted by molar-refractivity contribution is -0.152. The van der Waals surface area contributed by atoms with Gasteiger partial charge in [-0.1, -0.05) is 0 Å². The Balaban J connectivity index is 2.89. The van der Waals surface area contributed by atoms with Crippen LogP contribution in [0.15, 0.2) is 0 Å². The zero-order valence-electron chi connectivity index (χ0n) is 8.37. The molecule has 0 bridgehead atoms. The van der Waals surface area contributed by atoms with Gasteiger partial charge in [0.15, 0.2) is 0 Å². The molecule has 1 aliphatic heterocycles. The summed E-state index contributed by atoms with van der Waals surface area (Å²) in [5, 5.41) is 8.81. The smallest absolute Gasteiger partial charge is 0.326 e. The number of carbonyl (C=O) groups is 2. The van der Waals surface area contributed by atoms with Crippen molar-refractivity contribution in [1.82, 2.24) is 4.90 Å². The second kappa shape index (κ2) is 4.12. The van der Waals surface area contributed by atoms with E-state index in [9.17, 15) is 18.4 Å². The molecule has 1 atom stereocenters. The number of hydrogen-bond acceptors (Lipinski definition) is 2. The molecule has 6 heteroatoms. The SMILES string of the molecule is CC(=O)N1CC(F)(F)CCCC1C(=O)O. The zero-order chi connectivity index (χ0) is 11.6. The van der Waals surface area contributed by atoms with Crippen LogP contribution in [-0.4, -0.2) is 40.4 Å². The molecule has 15 heavy (non-hydrogen) atoms. The van der Waals surface area contributed by atoms with Crippen LogP contribution in [0.4, 0.5) is 8.78 Å². The van der Waals surface area contributed by atoms with E-state index in [2.05, 4.69) is 0 Å². The fourth-order valence-electron chi connectivity index (χ4n) is 1.74. The Labute approximate surface area is 85.9 Å². The highest BCUT2D eigenvalue weighted by molar-refractivity contribution is 5.82. The summed E-state index contributed by atoms with van der Waals surface area (Å²) in [5.41, 5.74) is 0. The predicted octanol–water partition coefficient (Wildman–Crippen LogP) is 1.11. The summed E-state index contributed by atoms with van der Waals surface area (Å²) in [7, 11) is 0. The van der Waals surface area contributed by atoms with E-state index in [0.29, 0.717) is 0 Å². The van der Waals surface area contributed by atoms with Crippen LogP contribution < -0.4 is 0 Å². The first-order valence-corrected chi connectivity index (χ1v) is 4.71.